The van der Waals surface area contributed by atoms with E-state index in [0.29, 0.717) is 29.2 Å². The zero-order valence-electron chi connectivity index (χ0n) is 11.9. The second-order valence-corrected chi connectivity index (χ2v) is 4.65. The molecule has 6 heteroatoms. The summed E-state index contributed by atoms with van der Waals surface area (Å²) in [7, 11) is 1.60. The lowest BCUT2D eigenvalue weighted by atomic mass is 10.1. The van der Waals surface area contributed by atoms with Crippen LogP contribution in [0.3, 0.4) is 0 Å². The maximum Gasteiger partial charge on any atom is 0.253 e. The number of rotatable bonds is 4. The third-order valence-corrected chi connectivity index (χ3v) is 3.34. The third-order valence-electron chi connectivity index (χ3n) is 3.34. The van der Waals surface area contributed by atoms with Crippen LogP contribution in [0, 0.1) is 0 Å². The van der Waals surface area contributed by atoms with Crippen molar-refractivity contribution in [2.24, 2.45) is 0 Å². The van der Waals surface area contributed by atoms with Crippen molar-refractivity contribution < 1.29 is 9.53 Å². The summed E-state index contributed by atoms with van der Waals surface area (Å²) in [5.74, 6) is 0.567. The number of pyridine rings is 2. The number of hydrogen-bond acceptors (Lipinski definition) is 5. The van der Waals surface area contributed by atoms with Crippen LogP contribution in [-0.2, 0) is 6.54 Å². The molecule has 0 aromatic carbocycles. The molecule has 2 aromatic heterocycles. The minimum atomic E-state index is -0.0869. The third kappa shape index (κ3) is 2.29. The molecule has 1 amide bonds. The van der Waals surface area contributed by atoms with Gasteiger partial charge in [0.25, 0.3) is 5.91 Å². The molecule has 0 saturated carbocycles. The van der Waals surface area contributed by atoms with Gasteiger partial charge in [-0.2, -0.15) is 0 Å². The van der Waals surface area contributed by atoms with Gasteiger partial charge in [0.2, 0.25) is 0 Å². The fraction of sp³-hybridized carbons (Fsp3) is 0.267. The van der Waals surface area contributed by atoms with E-state index in [2.05, 4.69) is 20.6 Å². The minimum Gasteiger partial charge on any atom is -0.494 e. The number of amides is 1. The summed E-state index contributed by atoms with van der Waals surface area (Å²) in [6, 6.07) is 5.49. The lowest BCUT2D eigenvalue weighted by Crippen LogP contribution is -2.12. The average Bonchev–Trinajstić information content (AvgIpc) is 2.88. The van der Waals surface area contributed by atoms with Gasteiger partial charge < -0.3 is 15.4 Å². The molecule has 0 aliphatic carbocycles. The Bertz CT molecular complexity index is 700. The van der Waals surface area contributed by atoms with Crippen molar-refractivity contribution in [2.45, 2.75) is 13.5 Å². The Morgan fingerprint density at radius 1 is 1.43 bits per heavy atom. The van der Waals surface area contributed by atoms with E-state index in [0.717, 1.165) is 17.9 Å². The summed E-state index contributed by atoms with van der Waals surface area (Å²) in [5.41, 5.74) is 3.50. The number of anilines is 1. The zero-order valence-corrected chi connectivity index (χ0v) is 11.9. The molecule has 0 saturated heterocycles. The van der Waals surface area contributed by atoms with Crippen LogP contribution in [0.4, 0.5) is 5.69 Å². The predicted octanol–water partition coefficient (Wildman–Crippen LogP) is 1.83. The molecule has 2 aromatic rings. The van der Waals surface area contributed by atoms with E-state index in [1.807, 2.05) is 25.1 Å². The number of hydrogen-bond donors (Lipinski definition) is 2. The maximum atomic E-state index is 11.8. The first-order valence-corrected chi connectivity index (χ1v) is 6.80. The molecule has 3 rings (SSSR count). The van der Waals surface area contributed by atoms with Gasteiger partial charge in [-0.15, -0.1) is 0 Å². The number of fused-ring (bicyclic) bond motifs is 1. The molecular formula is C15H16N4O2. The van der Waals surface area contributed by atoms with Gasteiger partial charge in [0, 0.05) is 12.7 Å². The van der Waals surface area contributed by atoms with Gasteiger partial charge in [-0.25, -0.2) is 4.98 Å². The largest absolute Gasteiger partial charge is 0.494 e. The SMILES string of the molecule is CCNc1cc2c(nc1-c1ncccc1OC)CNC2=O. The second-order valence-electron chi connectivity index (χ2n) is 4.65. The molecule has 0 radical (unpaired) electrons. The van der Waals surface area contributed by atoms with Crippen LogP contribution in [0.15, 0.2) is 24.4 Å². The molecule has 6 nitrogen and oxygen atoms in total. The highest BCUT2D eigenvalue weighted by atomic mass is 16.5. The Labute approximate surface area is 122 Å². The van der Waals surface area contributed by atoms with Gasteiger partial charge in [0.1, 0.15) is 17.1 Å². The number of nitrogens with one attached hydrogen (secondary N) is 2. The molecule has 0 spiro atoms. The molecule has 0 bridgehead atoms. The number of nitrogens with zero attached hydrogens (tertiary/aromatic N) is 2. The maximum absolute atomic E-state index is 11.8. The first-order chi connectivity index (χ1) is 10.2. The number of aromatic nitrogens is 2. The molecule has 1 aliphatic heterocycles. The van der Waals surface area contributed by atoms with Crippen LogP contribution in [0.25, 0.3) is 11.4 Å². The van der Waals surface area contributed by atoms with Crippen LogP contribution < -0.4 is 15.4 Å². The van der Waals surface area contributed by atoms with Gasteiger partial charge in [0.15, 0.2) is 0 Å². The van der Waals surface area contributed by atoms with E-state index >= 15 is 0 Å². The number of methoxy groups -OCH3 is 1. The molecule has 0 atom stereocenters. The van der Waals surface area contributed by atoms with Gasteiger partial charge in [-0.3, -0.25) is 9.78 Å². The Morgan fingerprint density at radius 2 is 2.29 bits per heavy atom. The first-order valence-electron chi connectivity index (χ1n) is 6.80. The summed E-state index contributed by atoms with van der Waals surface area (Å²) < 4.78 is 5.36. The van der Waals surface area contributed by atoms with Gasteiger partial charge in [-0.05, 0) is 25.1 Å². The Hall–Kier alpha value is -2.63. The topological polar surface area (TPSA) is 76.1 Å². The van der Waals surface area contributed by atoms with Crippen molar-refractivity contribution >= 4 is 11.6 Å². The average molecular weight is 284 g/mol. The molecule has 21 heavy (non-hydrogen) atoms. The van der Waals surface area contributed by atoms with Crippen LogP contribution in [0.2, 0.25) is 0 Å². The first kappa shape index (κ1) is 13.4. The second kappa shape index (κ2) is 5.40. The van der Waals surface area contributed by atoms with Crippen molar-refractivity contribution in [1.82, 2.24) is 15.3 Å². The van der Waals surface area contributed by atoms with Gasteiger partial charge >= 0.3 is 0 Å². The summed E-state index contributed by atoms with van der Waals surface area (Å²) >= 11 is 0. The summed E-state index contributed by atoms with van der Waals surface area (Å²) in [5, 5.41) is 6.02. The van der Waals surface area contributed by atoms with Gasteiger partial charge in [-0.1, -0.05) is 0 Å². The highest BCUT2D eigenvalue weighted by molar-refractivity contribution is 5.99. The van der Waals surface area contributed by atoms with Crippen molar-refractivity contribution in [2.75, 3.05) is 19.0 Å². The molecule has 0 fully saturated rings. The van der Waals surface area contributed by atoms with Crippen molar-refractivity contribution in [3.05, 3.63) is 35.7 Å². The highest BCUT2D eigenvalue weighted by Gasteiger charge is 2.24. The minimum absolute atomic E-state index is 0.0869. The van der Waals surface area contributed by atoms with E-state index in [9.17, 15) is 4.79 Å². The van der Waals surface area contributed by atoms with Crippen molar-refractivity contribution in [3.63, 3.8) is 0 Å². The molecule has 108 valence electrons. The van der Waals surface area contributed by atoms with Crippen molar-refractivity contribution in [1.29, 1.82) is 0 Å². The summed E-state index contributed by atoms with van der Waals surface area (Å²) in [4.78, 5) is 20.8. The molecule has 3 heterocycles. The van der Waals surface area contributed by atoms with Gasteiger partial charge in [0.05, 0.1) is 30.6 Å². The van der Waals surface area contributed by atoms with E-state index in [1.54, 1.807) is 13.3 Å². The smallest absolute Gasteiger partial charge is 0.253 e. The standard InChI is InChI=1S/C15H16N4O2/c1-3-16-10-7-9-11(8-18-15(9)20)19-13(10)14-12(21-2)5-4-6-17-14/h4-7,16H,3,8H2,1-2H3,(H,18,20). The summed E-state index contributed by atoms with van der Waals surface area (Å²) in [6.45, 7) is 3.17. The van der Waals surface area contributed by atoms with Crippen LogP contribution >= 0.6 is 0 Å². The van der Waals surface area contributed by atoms with E-state index < -0.39 is 0 Å². The number of carbonyl (C=O) groups is 1. The fourth-order valence-electron chi connectivity index (χ4n) is 2.38. The monoisotopic (exact) mass is 284 g/mol. The summed E-state index contributed by atoms with van der Waals surface area (Å²) in [6.07, 6.45) is 1.70. The molecule has 1 aliphatic rings. The lowest BCUT2D eigenvalue weighted by Gasteiger charge is -2.13. The van der Waals surface area contributed by atoms with E-state index in [1.165, 1.54) is 0 Å². The molecule has 2 N–H and O–H groups in total. The zero-order chi connectivity index (χ0) is 14.8. The fourth-order valence-corrected chi connectivity index (χ4v) is 2.38. The normalized spacial score (nSPS) is 12.8. The highest BCUT2D eigenvalue weighted by Crippen LogP contribution is 2.33. The number of ether oxygens (including phenoxy) is 1. The van der Waals surface area contributed by atoms with Crippen LogP contribution in [0.5, 0.6) is 5.75 Å². The predicted molar refractivity (Wildman–Crippen MR) is 79.4 cm³/mol. The van der Waals surface area contributed by atoms with Crippen molar-refractivity contribution in [3.8, 4) is 17.1 Å². The molecule has 0 unspecified atom stereocenters. The quantitative estimate of drug-likeness (QED) is 0.895. The van der Waals surface area contributed by atoms with E-state index in [4.69, 9.17) is 4.74 Å². The van der Waals surface area contributed by atoms with Crippen LogP contribution in [-0.4, -0.2) is 29.5 Å². The Morgan fingerprint density at radius 3 is 3.05 bits per heavy atom. The molecular weight excluding hydrogens is 268 g/mol. The van der Waals surface area contributed by atoms with E-state index in [-0.39, 0.29) is 5.91 Å². The Balaban J connectivity index is 2.19. The van der Waals surface area contributed by atoms with Crippen LogP contribution in [0.1, 0.15) is 23.0 Å². The Kier molecular flexibility index (Phi) is 3.43. The number of carbonyl (C=O) groups excluding carboxylic acids is 1. The lowest BCUT2D eigenvalue weighted by molar-refractivity contribution is 0.0966.